The normalized spacial score (nSPS) is 23.5. The van der Waals surface area contributed by atoms with E-state index < -0.39 is 0 Å². The molecule has 4 heterocycles. The molecular weight excluding hydrogens is 334 g/mol. The molecule has 2 unspecified atom stereocenters. The number of pyridine rings is 1. The van der Waals surface area contributed by atoms with Crippen molar-refractivity contribution >= 4 is 11.8 Å². The predicted molar refractivity (Wildman–Crippen MR) is 91.8 cm³/mol. The summed E-state index contributed by atoms with van der Waals surface area (Å²) in [5, 5.41) is 4.11. The number of aromatic nitrogens is 3. The van der Waals surface area contributed by atoms with Crippen LogP contribution in [0.3, 0.4) is 0 Å². The van der Waals surface area contributed by atoms with E-state index in [1.54, 1.807) is 18.1 Å². The summed E-state index contributed by atoms with van der Waals surface area (Å²) in [6, 6.07) is 5.52. The van der Waals surface area contributed by atoms with Gasteiger partial charge in [0.2, 0.25) is 11.8 Å². The van der Waals surface area contributed by atoms with Gasteiger partial charge in [0.15, 0.2) is 5.82 Å². The number of carbonyl (C=O) groups excluding carboxylic acids is 2. The van der Waals surface area contributed by atoms with E-state index in [2.05, 4.69) is 15.1 Å². The highest BCUT2D eigenvalue weighted by Crippen LogP contribution is 2.28. The molecule has 136 valence electrons. The zero-order valence-corrected chi connectivity index (χ0v) is 14.7. The zero-order valence-electron chi connectivity index (χ0n) is 14.7. The van der Waals surface area contributed by atoms with E-state index in [1.165, 1.54) is 0 Å². The van der Waals surface area contributed by atoms with Crippen LogP contribution in [0.25, 0.3) is 11.6 Å². The van der Waals surface area contributed by atoms with Crippen LogP contribution in [0.5, 0.6) is 0 Å². The Hall–Kier alpha value is -2.77. The molecule has 2 fully saturated rings. The van der Waals surface area contributed by atoms with Crippen molar-refractivity contribution in [3.05, 3.63) is 30.2 Å². The molecule has 2 atom stereocenters. The van der Waals surface area contributed by atoms with Crippen molar-refractivity contribution in [3.63, 3.8) is 0 Å². The number of carbonyl (C=O) groups is 2. The molecule has 2 aliphatic heterocycles. The van der Waals surface area contributed by atoms with Crippen LogP contribution in [0.4, 0.5) is 0 Å². The summed E-state index contributed by atoms with van der Waals surface area (Å²) in [5.74, 6) is 0.912. The Morgan fingerprint density at radius 3 is 2.92 bits per heavy atom. The quantitative estimate of drug-likeness (QED) is 0.824. The summed E-state index contributed by atoms with van der Waals surface area (Å²) < 4.78 is 5.35. The van der Waals surface area contributed by atoms with E-state index in [4.69, 9.17) is 4.52 Å². The lowest BCUT2D eigenvalue weighted by Crippen LogP contribution is -2.43. The van der Waals surface area contributed by atoms with Gasteiger partial charge in [-0.25, -0.2) is 0 Å². The Morgan fingerprint density at radius 1 is 1.31 bits per heavy atom. The fraction of sp³-hybridized carbons (Fsp3) is 0.500. The first kappa shape index (κ1) is 16.7. The highest BCUT2D eigenvalue weighted by molar-refractivity contribution is 5.89. The second kappa shape index (κ2) is 6.86. The monoisotopic (exact) mass is 355 g/mol. The fourth-order valence-corrected chi connectivity index (χ4v) is 3.67. The average Bonchev–Trinajstić information content (AvgIpc) is 3.29. The third-order valence-electron chi connectivity index (χ3n) is 5.11. The van der Waals surface area contributed by atoms with Crippen LogP contribution in [0.15, 0.2) is 28.9 Å². The summed E-state index contributed by atoms with van der Waals surface area (Å²) in [6.07, 6.45) is 3.79. The van der Waals surface area contributed by atoms with Crippen LogP contribution in [0.1, 0.15) is 31.0 Å². The average molecular weight is 355 g/mol. The topological polar surface area (TPSA) is 92.4 Å². The SMILES string of the molecule is CN1CC(C(=O)N2CCCC(c3noc(-c4ccccn4)n3)C2)CC1=O. The van der Waals surface area contributed by atoms with Gasteiger partial charge in [-0.05, 0) is 25.0 Å². The Morgan fingerprint density at radius 2 is 2.19 bits per heavy atom. The summed E-state index contributed by atoms with van der Waals surface area (Å²) in [7, 11) is 1.74. The smallest absolute Gasteiger partial charge is 0.276 e. The fourth-order valence-electron chi connectivity index (χ4n) is 3.67. The Balaban J connectivity index is 1.45. The van der Waals surface area contributed by atoms with Crippen LogP contribution in [-0.4, -0.2) is 63.4 Å². The van der Waals surface area contributed by atoms with E-state index >= 15 is 0 Å². The van der Waals surface area contributed by atoms with E-state index in [-0.39, 0.29) is 23.7 Å². The molecule has 0 radical (unpaired) electrons. The van der Waals surface area contributed by atoms with Gasteiger partial charge in [0, 0.05) is 45.2 Å². The maximum Gasteiger partial charge on any atom is 0.276 e. The van der Waals surface area contributed by atoms with E-state index in [0.717, 1.165) is 12.8 Å². The molecular formula is C18H21N5O3. The lowest BCUT2D eigenvalue weighted by Gasteiger charge is -2.32. The molecule has 0 bridgehead atoms. The highest BCUT2D eigenvalue weighted by Gasteiger charge is 2.37. The van der Waals surface area contributed by atoms with Crippen molar-refractivity contribution in [2.24, 2.45) is 5.92 Å². The maximum atomic E-state index is 12.8. The van der Waals surface area contributed by atoms with Gasteiger partial charge in [-0.1, -0.05) is 11.2 Å². The molecule has 2 aromatic heterocycles. The second-order valence-corrected chi connectivity index (χ2v) is 6.97. The molecule has 2 aliphatic rings. The molecule has 8 nitrogen and oxygen atoms in total. The molecule has 0 spiro atoms. The Kier molecular flexibility index (Phi) is 4.40. The standard InChI is InChI=1S/C18H21N5O3/c1-22-10-13(9-15(22)24)18(25)23-8-4-5-12(11-23)16-20-17(26-21-16)14-6-2-3-7-19-14/h2-3,6-7,12-13H,4-5,8-11H2,1H3. The zero-order chi connectivity index (χ0) is 18.1. The highest BCUT2D eigenvalue weighted by atomic mass is 16.5. The van der Waals surface area contributed by atoms with Crippen molar-refractivity contribution in [2.75, 3.05) is 26.7 Å². The van der Waals surface area contributed by atoms with Gasteiger partial charge in [-0.2, -0.15) is 4.98 Å². The van der Waals surface area contributed by atoms with Crippen LogP contribution in [0, 0.1) is 5.92 Å². The number of likely N-dealkylation sites (tertiary alicyclic amines) is 2. The molecule has 4 rings (SSSR count). The van der Waals surface area contributed by atoms with Gasteiger partial charge in [-0.15, -0.1) is 0 Å². The number of rotatable bonds is 3. The van der Waals surface area contributed by atoms with Crippen LogP contribution >= 0.6 is 0 Å². The minimum absolute atomic E-state index is 0.0371. The van der Waals surface area contributed by atoms with Crippen LogP contribution in [-0.2, 0) is 9.59 Å². The first-order valence-corrected chi connectivity index (χ1v) is 8.89. The van der Waals surface area contributed by atoms with Gasteiger partial charge in [-0.3, -0.25) is 14.6 Å². The summed E-state index contributed by atoms with van der Waals surface area (Å²) in [6.45, 7) is 1.79. The van der Waals surface area contributed by atoms with Gasteiger partial charge >= 0.3 is 0 Å². The molecule has 2 amide bonds. The first-order chi connectivity index (χ1) is 12.6. The molecule has 0 aliphatic carbocycles. The Bertz CT molecular complexity index is 806. The lowest BCUT2D eigenvalue weighted by molar-refractivity contribution is -0.137. The van der Waals surface area contributed by atoms with Gasteiger partial charge < -0.3 is 14.3 Å². The first-order valence-electron chi connectivity index (χ1n) is 8.89. The minimum atomic E-state index is -0.236. The molecule has 2 aromatic rings. The molecule has 0 saturated carbocycles. The van der Waals surface area contributed by atoms with Crippen molar-refractivity contribution in [1.29, 1.82) is 0 Å². The van der Waals surface area contributed by atoms with Crippen molar-refractivity contribution in [2.45, 2.75) is 25.2 Å². The summed E-state index contributed by atoms with van der Waals surface area (Å²) in [5.41, 5.74) is 0.641. The maximum absolute atomic E-state index is 12.8. The minimum Gasteiger partial charge on any atom is -0.345 e. The third kappa shape index (κ3) is 3.18. The molecule has 8 heteroatoms. The molecule has 26 heavy (non-hydrogen) atoms. The van der Waals surface area contributed by atoms with E-state index in [1.807, 2.05) is 23.1 Å². The van der Waals surface area contributed by atoms with Gasteiger partial charge in [0.05, 0.1) is 5.92 Å². The number of hydrogen-bond acceptors (Lipinski definition) is 6. The molecule has 0 aromatic carbocycles. The van der Waals surface area contributed by atoms with Crippen LogP contribution < -0.4 is 0 Å². The lowest BCUT2D eigenvalue weighted by atomic mass is 9.95. The number of hydrogen-bond donors (Lipinski definition) is 0. The van der Waals surface area contributed by atoms with Crippen LogP contribution in [0.2, 0.25) is 0 Å². The Labute approximate surface area is 151 Å². The van der Waals surface area contributed by atoms with Crippen molar-refractivity contribution < 1.29 is 14.1 Å². The van der Waals surface area contributed by atoms with Gasteiger partial charge in [0.1, 0.15) is 5.69 Å². The molecule has 2 saturated heterocycles. The van der Waals surface area contributed by atoms with Crippen molar-refractivity contribution in [1.82, 2.24) is 24.9 Å². The number of piperidine rings is 1. The number of nitrogens with zero attached hydrogens (tertiary/aromatic N) is 5. The second-order valence-electron chi connectivity index (χ2n) is 6.97. The molecule has 0 N–H and O–H groups in total. The number of amides is 2. The summed E-state index contributed by atoms with van der Waals surface area (Å²) in [4.78, 5) is 36.7. The largest absolute Gasteiger partial charge is 0.345 e. The third-order valence-corrected chi connectivity index (χ3v) is 5.11. The van der Waals surface area contributed by atoms with Gasteiger partial charge in [0.25, 0.3) is 5.89 Å². The van der Waals surface area contributed by atoms with E-state index in [0.29, 0.717) is 43.5 Å². The van der Waals surface area contributed by atoms with Crippen molar-refractivity contribution in [3.8, 4) is 11.6 Å². The van der Waals surface area contributed by atoms with E-state index in [9.17, 15) is 9.59 Å². The predicted octanol–water partition coefficient (Wildman–Crippen LogP) is 1.32. The summed E-state index contributed by atoms with van der Waals surface area (Å²) >= 11 is 0.